The summed E-state index contributed by atoms with van der Waals surface area (Å²) >= 11 is 0. The van der Waals surface area contributed by atoms with Gasteiger partial charge in [0.1, 0.15) is 0 Å². The first-order valence-electron chi connectivity index (χ1n) is 9.43. The molecule has 2 aromatic carbocycles. The fourth-order valence-corrected chi connectivity index (χ4v) is 5.02. The van der Waals surface area contributed by atoms with Crippen molar-refractivity contribution in [3.05, 3.63) is 70.3 Å². The van der Waals surface area contributed by atoms with E-state index in [1.54, 1.807) is 0 Å². The van der Waals surface area contributed by atoms with E-state index in [9.17, 15) is 10.1 Å². The van der Waals surface area contributed by atoms with Crippen molar-refractivity contribution in [3.8, 4) is 6.07 Å². The largest absolute Gasteiger partial charge is 0.356 e. The van der Waals surface area contributed by atoms with E-state index in [0.717, 1.165) is 19.4 Å². The number of carbonyl (C=O) groups is 1. The monoisotopic (exact) mass is 344 g/mol. The first-order valence-corrected chi connectivity index (χ1v) is 9.43. The van der Waals surface area contributed by atoms with E-state index >= 15 is 0 Å². The van der Waals surface area contributed by atoms with Gasteiger partial charge in [-0.3, -0.25) is 4.79 Å². The summed E-state index contributed by atoms with van der Waals surface area (Å²) in [4.78, 5) is 12.3. The number of amides is 1. The van der Waals surface area contributed by atoms with E-state index in [1.807, 2.05) is 12.1 Å². The number of nitrogens with zero attached hydrogens (tertiary/aromatic N) is 1. The molecule has 0 spiro atoms. The zero-order valence-electron chi connectivity index (χ0n) is 15.3. The van der Waals surface area contributed by atoms with Crippen LogP contribution in [0.15, 0.2) is 42.5 Å². The van der Waals surface area contributed by atoms with Crippen LogP contribution in [0.4, 0.5) is 0 Å². The van der Waals surface area contributed by atoms with Gasteiger partial charge in [0.25, 0.3) is 0 Å². The Morgan fingerprint density at radius 1 is 1.04 bits per heavy atom. The second-order valence-electron chi connectivity index (χ2n) is 7.82. The average molecular weight is 344 g/mol. The van der Waals surface area contributed by atoms with Gasteiger partial charge in [-0.15, -0.1) is 0 Å². The zero-order chi connectivity index (χ0) is 18.3. The topological polar surface area (TPSA) is 52.9 Å². The van der Waals surface area contributed by atoms with Crippen LogP contribution in [-0.2, 0) is 4.79 Å². The van der Waals surface area contributed by atoms with Crippen LogP contribution in [0.3, 0.4) is 0 Å². The number of hydrogen-bond donors (Lipinski definition) is 1. The molecule has 2 aromatic rings. The smallest absolute Gasteiger partial charge is 0.223 e. The predicted molar refractivity (Wildman–Crippen MR) is 102 cm³/mol. The molecule has 2 fully saturated rings. The molecule has 1 heterocycles. The van der Waals surface area contributed by atoms with Crippen molar-refractivity contribution in [2.75, 3.05) is 6.54 Å². The van der Waals surface area contributed by atoms with Crippen molar-refractivity contribution in [2.24, 2.45) is 11.8 Å². The number of rotatable bonds is 2. The molecule has 1 amide bonds. The van der Waals surface area contributed by atoms with Gasteiger partial charge in [-0.25, -0.2) is 0 Å². The number of nitrogens with one attached hydrogen (secondary N) is 1. The van der Waals surface area contributed by atoms with Crippen molar-refractivity contribution in [2.45, 2.75) is 38.5 Å². The molecule has 4 rings (SSSR count). The molecule has 132 valence electrons. The normalized spacial score (nSPS) is 27.5. The van der Waals surface area contributed by atoms with Crippen molar-refractivity contribution in [1.82, 2.24) is 5.32 Å². The Bertz CT molecular complexity index is 878. The third-order valence-corrected chi connectivity index (χ3v) is 6.31. The number of benzene rings is 2. The Hall–Kier alpha value is -2.60. The SMILES string of the molecule is Cc1ccc([C@@H]2[C@@H]3CNC(=O)[C@@H]3CC[C@H]2c2ccc(C#N)cc2C)cc1. The lowest BCUT2D eigenvalue weighted by atomic mass is 9.63. The third kappa shape index (κ3) is 2.80. The first kappa shape index (κ1) is 16.8. The molecule has 2 aliphatic rings. The molecule has 0 aromatic heterocycles. The molecule has 1 aliphatic heterocycles. The molecule has 0 radical (unpaired) electrons. The maximum Gasteiger partial charge on any atom is 0.223 e. The Balaban J connectivity index is 1.78. The summed E-state index contributed by atoms with van der Waals surface area (Å²) in [7, 11) is 0. The minimum absolute atomic E-state index is 0.135. The predicted octanol–water partition coefficient (Wildman–Crippen LogP) is 4.20. The molecule has 26 heavy (non-hydrogen) atoms. The Morgan fingerprint density at radius 3 is 2.46 bits per heavy atom. The molecule has 1 N–H and O–H groups in total. The van der Waals surface area contributed by atoms with Gasteiger partial charge in [0.15, 0.2) is 0 Å². The van der Waals surface area contributed by atoms with Crippen LogP contribution in [0.5, 0.6) is 0 Å². The van der Waals surface area contributed by atoms with Crippen LogP contribution in [0.1, 0.15) is 52.5 Å². The molecule has 1 saturated carbocycles. The molecule has 3 nitrogen and oxygen atoms in total. The number of fused-ring (bicyclic) bond motifs is 1. The van der Waals surface area contributed by atoms with Gasteiger partial charge in [-0.1, -0.05) is 35.9 Å². The fourth-order valence-electron chi connectivity index (χ4n) is 5.02. The quantitative estimate of drug-likeness (QED) is 0.888. The minimum Gasteiger partial charge on any atom is -0.356 e. The highest BCUT2D eigenvalue weighted by atomic mass is 16.2. The highest BCUT2D eigenvalue weighted by molar-refractivity contribution is 5.81. The zero-order valence-corrected chi connectivity index (χ0v) is 15.3. The van der Waals surface area contributed by atoms with Gasteiger partial charge >= 0.3 is 0 Å². The summed E-state index contributed by atoms with van der Waals surface area (Å²) in [6.07, 6.45) is 1.96. The van der Waals surface area contributed by atoms with Crippen molar-refractivity contribution < 1.29 is 4.79 Å². The van der Waals surface area contributed by atoms with Crippen molar-refractivity contribution in [1.29, 1.82) is 5.26 Å². The number of carbonyl (C=O) groups excluding carboxylic acids is 1. The molecule has 0 unspecified atom stereocenters. The summed E-state index contributed by atoms with van der Waals surface area (Å²) in [6, 6.07) is 17.1. The molecular weight excluding hydrogens is 320 g/mol. The summed E-state index contributed by atoms with van der Waals surface area (Å²) < 4.78 is 0. The number of hydrogen-bond acceptors (Lipinski definition) is 2. The van der Waals surface area contributed by atoms with E-state index < -0.39 is 0 Å². The van der Waals surface area contributed by atoms with Gasteiger partial charge in [0.05, 0.1) is 11.6 Å². The number of nitriles is 1. The van der Waals surface area contributed by atoms with Crippen molar-refractivity contribution >= 4 is 5.91 Å². The molecule has 0 bridgehead atoms. The fraction of sp³-hybridized carbons (Fsp3) is 0.391. The molecule has 1 aliphatic carbocycles. The van der Waals surface area contributed by atoms with Gasteiger partial charge < -0.3 is 5.32 Å². The average Bonchev–Trinajstić information content (AvgIpc) is 3.03. The summed E-state index contributed by atoms with van der Waals surface area (Å²) in [5.41, 5.74) is 5.81. The van der Waals surface area contributed by atoms with Gasteiger partial charge in [0, 0.05) is 12.5 Å². The second-order valence-corrected chi connectivity index (χ2v) is 7.82. The minimum atomic E-state index is 0.135. The van der Waals surface area contributed by atoms with E-state index in [2.05, 4.69) is 55.6 Å². The Kier molecular flexibility index (Phi) is 4.28. The summed E-state index contributed by atoms with van der Waals surface area (Å²) in [5.74, 6) is 1.43. The standard InChI is InChI=1S/C23H24N2O/c1-14-3-6-17(7-4-14)22-19(9-10-20-21(22)13-25-23(20)26)18-8-5-16(12-24)11-15(18)2/h3-8,11,19-22H,9-10,13H2,1-2H3,(H,25,26)/t19-,20+,21+,22-/m0/s1. The van der Waals surface area contributed by atoms with E-state index in [0.29, 0.717) is 23.3 Å². The lowest BCUT2D eigenvalue weighted by Crippen LogP contribution is -2.32. The second kappa shape index (κ2) is 6.61. The Morgan fingerprint density at radius 2 is 1.77 bits per heavy atom. The summed E-state index contributed by atoms with van der Waals surface area (Å²) in [6.45, 7) is 4.98. The van der Waals surface area contributed by atoms with Crippen LogP contribution < -0.4 is 5.32 Å². The van der Waals surface area contributed by atoms with Crippen LogP contribution >= 0.6 is 0 Å². The molecule has 1 saturated heterocycles. The van der Waals surface area contributed by atoms with Gasteiger partial charge in [-0.2, -0.15) is 5.26 Å². The van der Waals surface area contributed by atoms with Crippen LogP contribution in [0.2, 0.25) is 0 Å². The number of aryl methyl sites for hydroxylation is 2. The first-order chi connectivity index (χ1) is 12.6. The third-order valence-electron chi connectivity index (χ3n) is 6.31. The van der Waals surface area contributed by atoms with Crippen LogP contribution in [-0.4, -0.2) is 12.5 Å². The van der Waals surface area contributed by atoms with E-state index in [1.165, 1.54) is 22.3 Å². The van der Waals surface area contributed by atoms with Gasteiger partial charge in [-0.05, 0) is 73.3 Å². The lowest BCUT2D eigenvalue weighted by Gasteiger charge is -2.40. The molecule has 3 heteroatoms. The molecule has 4 atom stereocenters. The van der Waals surface area contributed by atoms with Crippen LogP contribution in [0, 0.1) is 37.0 Å². The highest BCUT2D eigenvalue weighted by Gasteiger charge is 2.47. The van der Waals surface area contributed by atoms with E-state index in [4.69, 9.17) is 0 Å². The van der Waals surface area contributed by atoms with Gasteiger partial charge in [0.2, 0.25) is 5.91 Å². The summed E-state index contributed by atoms with van der Waals surface area (Å²) in [5, 5.41) is 12.3. The molecular formula is C23H24N2O. The maximum atomic E-state index is 12.3. The Labute approximate surface area is 155 Å². The lowest BCUT2D eigenvalue weighted by molar-refractivity contribution is -0.123. The highest BCUT2D eigenvalue weighted by Crippen LogP contribution is 2.51. The van der Waals surface area contributed by atoms with Crippen molar-refractivity contribution in [3.63, 3.8) is 0 Å². The van der Waals surface area contributed by atoms with Crippen LogP contribution in [0.25, 0.3) is 0 Å². The van der Waals surface area contributed by atoms with E-state index in [-0.39, 0.29) is 11.8 Å². The maximum absolute atomic E-state index is 12.3.